The van der Waals surface area contributed by atoms with E-state index in [4.69, 9.17) is 4.74 Å². The first-order valence-corrected chi connectivity index (χ1v) is 9.36. The van der Waals surface area contributed by atoms with Crippen LogP contribution in [0, 0.1) is 11.8 Å². The first-order valence-electron chi connectivity index (χ1n) is 9.36. The topological polar surface area (TPSA) is 107 Å². The highest BCUT2D eigenvalue weighted by Crippen LogP contribution is 2.34. The highest BCUT2D eigenvalue weighted by molar-refractivity contribution is 5.90. The molecule has 146 valence electrons. The van der Waals surface area contributed by atoms with Crippen LogP contribution in [0.4, 0.5) is 0 Å². The predicted molar refractivity (Wildman–Crippen MR) is 96.9 cm³/mol. The van der Waals surface area contributed by atoms with Crippen molar-refractivity contribution in [1.29, 1.82) is 0 Å². The summed E-state index contributed by atoms with van der Waals surface area (Å²) in [6, 6.07) is 0. The fourth-order valence-electron chi connectivity index (χ4n) is 3.66. The average molecular weight is 366 g/mol. The zero-order valence-electron chi connectivity index (χ0n) is 15.3. The Morgan fingerprint density at radius 1 is 1.31 bits per heavy atom. The number of aliphatic hydroxyl groups is 4. The molecule has 0 saturated heterocycles. The van der Waals surface area contributed by atoms with Crippen LogP contribution >= 0.6 is 0 Å². The summed E-state index contributed by atoms with van der Waals surface area (Å²) in [6.45, 7) is 2.56. The van der Waals surface area contributed by atoms with E-state index < -0.39 is 24.4 Å². The Balaban J connectivity index is 1.71. The molecule has 0 aromatic carbocycles. The van der Waals surface area contributed by atoms with Crippen LogP contribution in [-0.4, -0.2) is 51.3 Å². The first-order chi connectivity index (χ1) is 12.4. The molecule has 6 heteroatoms. The monoisotopic (exact) mass is 366 g/mol. The summed E-state index contributed by atoms with van der Waals surface area (Å²) in [5, 5.41) is 38.6. The van der Waals surface area contributed by atoms with Gasteiger partial charge in [0, 0.05) is 18.8 Å². The lowest BCUT2D eigenvalue weighted by Gasteiger charge is -2.37. The van der Waals surface area contributed by atoms with E-state index in [1.165, 1.54) is 0 Å². The Kier molecular flexibility index (Phi) is 8.03. The van der Waals surface area contributed by atoms with Gasteiger partial charge in [-0.1, -0.05) is 12.2 Å². The van der Waals surface area contributed by atoms with Crippen molar-refractivity contribution in [2.24, 2.45) is 11.8 Å². The van der Waals surface area contributed by atoms with Crippen molar-refractivity contribution < 1.29 is 30.0 Å². The number of carbonyl (C=O) groups excluding carboxylic acids is 1. The summed E-state index contributed by atoms with van der Waals surface area (Å²) < 4.78 is 5.43. The molecule has 1 fully saturated rings. The van der Waals surface area contributed by atoms with Crippen molar-refractivity contribution in [3.63, 3.8) is 0 Å². The van der Waals surface area contributed by atoms with E-state index in [0.29, 0.717) is 38.7 Å². The van der Waals surface area contributed by atoms with Crippen LogP contribution in [0.25, 0.3) is 0 Å². The van der Waals surface area contributed by atoms with Crippen LogP contribution < -0.4 is 0 Å². The van der Waals surface area contributed by atoms with Crippen LogP contribution in [0.15, 0.2) is 35.6 Å². The molecule has 0 spiro atoms. The standard InChI is InChI=1S/C20H30O6/c1-2-26-17-9-7-13(10-17)6-8-16(21)5-3-4-14-11-15(20(24)25)12-18(22)19(14)23/h6-9,14-15,18-20,22-25H,2-5,10-12H2,1H3/b8-6+/t14-,15?,18?,19-/m1/s1. The molecule has 0 heterocycles. The molecule has 4 atom stereocenters. The van der Waals surface area contributed by atoms with Gasteiger partial charge >= 0.3 is 0 Å². The zero-order valence-corrected chi connectivity index (χ0v) is 15.3. The summed E-state index contributed by atoms with van der Waals surface area (Å²) in [6.07, 6.45) is 6.78. The lowest BCUT2D eigenvalue weighted by molar-refractivity contribution is -0.141. The fourth-order valence-corrected chi connectivity index (χ4v) is 3.66. The molecule has 0 radical (unpaired) electrons. The Hall–Kier alpha value is -1.47. The van der Waals surface area contributed by atoms with Crippen LogP contribution in [0.3, 0.4) is 0 Å². The number of ketones is 1. The normalized spacial score (nSPS) is 29.2. The smallest absolute Gasteiger partial charge is 0.155 e. The van der Waals surface area contributed by atoms with E-state index in [2.05, 4.69) is 0 Å². The minimum Gasteiger partial charge on any atom is -0.498 e. The molecule has 2 rings (SSSR count). The molecule has 0 bridgehead atoms. The minimum absolute atomic E-state index is 0.0142. The van der Waals surface area contributed by atoms with Gasteiger partial charge in [0.25, 0.3) is 0 Å². The summed E-state index contributed by atoms with van der Waals surface area (Å²) in [5.74, 6) is 0.263. The highest BCUT2D eigenvalue weighted by atomic mass is 16.5. The van der Waals surface area contributed by atoms with Gasteiger partial charge in [-0.3, -0.25) is 4.79 Å². The van der Waals surface area contributed by atoms with Gasteiger partial charge in [-0.15, -0.1) is 0 Å². The molecule has 1 saturated carbocycles. The molecule has 2 aliphatic rings. The Morgan fingerprint density at radius 3 is 2.77 bits per heavy atom. The van der Waals surface area contributed by atoms with Crippen molar-refractivity contribution in [2.75, 3.05) is 6.61 Å². The second-order valence-electron chi connectivity index (χ2n) is 7.14. The predicted octanol–water partition coefficient (Wildman–Crippen LogP) is 1.59. The molecule has 0 amide bonds. The zero-order chi connectivity index (χ0) is 19.1. The van der Waals surface area contributed by atoms with Crippen molar-refractivity contribution in [3.8, 4) is 0 Å². The number of carbonyl (C=O) groups is 1. The van der Waals surface area contributed by atoms with Gasteiger partial charge in [0.1, 0.15) is 5.76 Å². The van der Waals surface area contributed by atoms with E-state index in [9.17, 15) is 25.2 Å². The lowest BCUT2D eigenvalue weighted by Crippen LogP contribution is -2.44. The number of hydrogen-bond donors (Lipinski definition) is 4. The molecule has 2 aliphatic carbocycles. The largest absolute Gasteiger partial charge is 0.498 e. The van der Waals surface area contributed by atoms with Gasteiger partial charge in [0.2, 0.25) is 0 Å². The maximum Gasteiger partial charge on any atom is 0.155 e. The molecule has 0 aliphatic heterocycles. The van der Waals surface area contributed by atoms with Crippen molar-refractivity contribution in [2.45, 2.75) is 63.9 Å². The van der Waals surface area contributed by atoms with Gasteiger partial charge in [-0.05, 0) is 56.3 Å². The second kappa shape index (κ2) is 10.0. The van der Waals surface area contributed by atoms with Crippen LogP contribution in [0.5, 0.6) is 0 Å². The molecule has 6 nitrogen and oxygen atoms in total. The summed E-state index contributed by atoms with van der Waals surface area (Å²) in [5.41, 5.74) is 1.03. The van der Waals surface area contributed by atoms with Crippen LogP contribution in [-0.2, 0) is 9.53 Å². The quantitative estimate of drug-likeness (QED) is 0.365. The van der Waals surface area contributed by atoms with Gasteiger partial charge in [-0.2, -0.15) is 0 Å². The van der Waals surface area contributed by atoms with Gasteiger partial charge < -0.3 is 25.2 Å². The number of hydrogen-bond acceptors (Lipinski definition) is 6. The number of allylic oxidation sites excluding steroid dienone is 5. The van der Waals surface area contributed by atoms with Crippen molar-refractivity contribution in [1.82, 2.24) is 0 Å². The second-order valence-corrected chi connectivity index (χ2v) is 7.14. The molecule has 0 aromatic heterocycles. The third-order valence-electron chi connectivity index (χ3n) is 5.12. The molecular weight excluding hydrogens is 336 g/mol. The third-order valence-corrected chi connectivity index (χ3v) is 5.12. The Labute approximate surface area is 154 Å². The summed E-state index contributed by atoms with van der Waals surface area (Å²) in [4.78, 5) is 12.0. The van der Waals surface area contributed by atoms with E-state index in [-0.39, 0.29) is 18.1 Å². The average Bonchev–Trinajstić information content (AvgIpc) is 3.04. The minimum atomic E-state index is -1.49. The van der Waals surface area contributed by atoms with E-state index in [0.717, 1.165) is 11.3 Å². The SMILES string of the molecule is CCOC1=CC=C(/C=C/C(=O)CCC[C@@H]2CC(C(O)O)CC(O)[C@@H]2O)C1. The van der Waals surface area contributed by atoms with E-state index in [1.54, 1.807) is 6.08 Å². The first kappa shape index (κ1) is 20.8. The number of rotatable bonds is 9. The summed E-state index contributed by atoms with van der Waals surface area (Å²) >= 11 is 0. The van der Waals surface area contributed by atoms with Gasteiger partial charge in [-0.25, -0.2) is 0 Å². The maximum absolute atomic E-state index is 12.0. The molecule has 2 unspecified atom stereocenters. The summed E-state index contributed by atoms with van der Waals surface area (Å²) in [7, 11) is 0. The van der Waals surface area contributed by atoms with Crippen molar-refractivity contribution >= 4 is 5.78 Å². The van der Waals surface area contributed by atoms with E-state index in [1.807, 2.05) is 25.2 Å². The molecular formula is C20H30O6. The highest BCUT2D eigenvalue weighted by Gasteiger charge is 2.37. The van der Waals surface area contributed by atoms with Crippen LogP contribution in [0.2, 0.25) is 0 Å². The fraction of sp³-hybridized carbons (Fsp3) is 0.650. The lowest BCUT2D eigenvalue weighted by atomic mass is 9.75. The number of ether oxygens (including phenoxy) is 1. The molecule has 4 N–H and O–H groups in total. The van der Waals surface area contributed by atoms with Crippen LogP contribution in [0.1, 0.15) is 45.4 Å². The van der Waals surface area contributed by atoms with Gasteiger partial charge in [0.15, 0.2) is 12.1 Å². The Morgan fingerprint density at radius 2 is 2.08 bits per heavy atom. The third kappa shape index (κ3) is 6.06. The molecule has 26 heavy (non-hydrogen) atoms. The van der Waals surface area contributed by atoms with E-state index >= 15 is 0 Å². The number of aliphatic hydroxyl groups excluding tert-OH is 3. The Bertz CT molecular complexity index is 563. The van der Waals surface area contributed by atoms with Crippen molar-refractivity contribution in [3.05, 3.63) is 35.6 Å². The molecule has 0 aromatic rings. The van der Waals surface area contributed by atoms with Gasteiger partial charge in [0.05, 0.1) is 18.8 Å². The maximum atomic E-state index is 12.0.